The van der Waals surface area contributed by atoms with Crippen LogP contribution >= 0.6 is 0 Å². The number of hydrogen-bond donors (Lipinski definition) is 1. The molecule has 5 heteroatoms. The molecule has 0 bridgehead atoms. The van der Waals surface area contributed by atoms with Crippen molar-refractivity contribution >= 4 is 32.5 Å². The van der Waals surface area contributed by atoms with Gasteiger partial charge in [0, 0.05) is 0 Å². The van der Waals surface area contributed by atoms with E-state index in [4.69, 9.17) is 0 Å². The van der Waals surface area contributed by atoms with Crippen molar-refractivity contribution in [3.05, 3.63) is 30.3 Å². The van der Waals surface area contributed by atoms with Gasteiger partial charge in [0.2, 0.25) is 0 Å². The Morgan fingerprint density at radius 3 is 2.24 bits per heavy atom. The van der Waals surface area contributed by atoms with Crippen LogP contribution in [-0.2, 0) is 9.59 Å². The molecule has 1 unspecified atom stereocenters. The normalized spacial score (nSPS) is 12.6. The Labute approximate surface area is 133 Å². The van der Waals surface area contributed by atoms with Gasteiger partial charge in [-0.25, -0.2) is 0 Å². The number of amides is 2. The third kappa shape index (κ3) is 5.52. The maximum atomic E-state index is 12.6. The van der Waals surface area contributed by atoms with Crippen LogP contribution in [0.4, 0.5) is 5.69 Å². The first kappa shape index (κ1) is 17.7. The molecular weight excluding hydrogens is 331 g/mol. The minimum atomic E-state index is -0.450. The number of rotatable bonds is 5. The van der Waals surface area contributed by atoms with Gasteiger partial charge in [0.25, 0.3) is 0 Å². The average molecular weight is 355 g/mol. The zero-order chi connectivity index (χ0) is 16.0. The van der Waals surface area contributed by atoms with Crippen molar-refractivity contribution in [2.75, 3.05) is 4.90 Å². The van der Waals surface area contributed by atoms with E-state index in [0.717, 1.165) is 5.69 Å². The predicted octanol–water partition coefficient (Wildman–Crippen LogP) is 2.49. The molecule has 1 aromatic carbocycles. The summed E-state index contributed by atoms with van der Waals surface area (Å²) in [5, 5.41) is 3.68. The number of hydrogen-bond acceptors (Lipinski definition) is 2. The van der Waals surface area contributed by atoms with Gasteiger partial charge < -0.3 is 0 Å². The molecule has 0 saturated carbocycles. The van der Waals surface area contributed by atoms with Gasteiger partial charge in [0.05, 0.1) is 0 Å². The first-order valence-electron chi connectivity index (χ1n) is 6.92. The third-order valence-electron chi connectivity index (χ3n) is 2.81. The van der Waals surface area contributed by atoms with E-state index < -0.39 is 6.04 Å². The fraction of sp³-hybridized carbons (Fsp3) is 0.500. The van der Waals surface area contributed by atoms with E-state index in [2.05, 4.69) is 11.1 Å². The number of para-hydroxylation sites is 1. The fourth-order valence-electron chi connectivity index (χ4n) is 2.05. The fourth-order valence-corrected chi connectivity index (χ4v) is 3.34. The SMILES string of the molecule is C[Se]CC(C(=O)NC(C)(C)C)N(C(C)=O)c1ccccc1. The molecule has 0 spiro atoms. The summed E-state index contributed by atoms with van der Waals surface area (Å²) in [7, 11) is 0. The summed E-state index contributed by atoms with van der Waals surface area (Å²) in [6.07, 6.45) is 0. The molecule has 1 N–H and O–H groups in total. The monoisotopic (exact) mass is 356 g/mol. The molecule has 116 valence electrons. The van der Waals surface area contributed by atoms with E-state index in [9.17, 15) is 9.59 Å². The van der Waals surface area contributed by atoms with Gasteiger partial charge in [-0.3, -0.25) is 0 Å². The molecule has 1 aromatic rings. The molecule has 1 rings (SSSR count). The Hall–Kier alpha value is -1.32. The summed E-state index contributed by atoms with van der Waals surface area (Å²) in [6.45, 7) is 7.34. The van der Waals surface area contributed by atoms with Gasteiger partial charge in [-0.05, 0) is 0 Å². The van der Waals surface area contributed by atoms with E-state index in [1.165, 1.54) is 6.92 Å². The van der Waals surface area contributed by atoms with Crippen LogP contribution < -0.4 is 10.2 Å². The van der Waals surface area contributed by atoms with Crippen LogP contribution in [0.5, 0.6) is 0 Å². The molecule has 0 aliphatic rings. The van der Waals surface area contributed by atoms with Gasteiger partial charge >= 0.3 is 133 Å². The Balaban J connectivity index is 3.10. The van der Waals surface area contributed by atoms with Crippen molar-refractivity contribution in [2.45, 2.75) is 50.4 Å². The minimum absolute atomic E-state index is 0.0923. The zero-order valence-electron chi connectivity index (χ0n) is 13.3. The van der Waals surface area contributed by atoms with Gasteiger partial charge in [-0.15, -0.1) is 0 Å². The summed E-state index contributed by atoms with van der Waals surface area (Å²) in [5.74, 6) is 1.87. The Morgan fingerprint density at radius 1 is 1.24 bits per heavy atom. The van der Waals surface area contributed by atoms with Crippen LogP contribution in [0.1, 0.15) is 27.7 Å². The van der Waals surface area contributed by atoms with Crippen LogP contribution in [0, 0.1) is 0 Å². The van der Waals surface area contributed by atoms with Crippen LogP contribution in [0.25, 0.3) is 0 Å². The van der Waals surface area contributed by atoms with Gasteiger partial charge in [0.15, 0.2) is 0 Å². The number of benzene rings is 1. The summed E-state index contributed by atoms with van der Waals surface area (Å²) in [6, 6.07) is 8.93. The second-order valence-corrected chi connectivity index (χ2v) is 7.85. The van der Waals surface area contributed by atoms with Crippen molar-refractivity contribution in [1.82, 2.24) is 5.32 Å². The third-order valence-corrected chi connectivity index (χ3v) is 4.17. The summed E-state index contributed by atoms with van der Waals surface area (Å²) < 4.78 is 0. The number of nitrogens with one attached hydrogen (secondary N) is 1. The molecule has 0 aromatic heterocycles. The van der Waals surface area contributed by atoms with Gasteiger partial charge in [0.1, 0.15) is 0 Å². The first-order chi connectivity index (χ1) is 9.76. The van der Waals surface area contributed by atoms with Crippen molar-refractivity contribution in [2.24, 2.45) is 0 Å². The van der Waals surface area contributed by atoms with Gasteiger partial charge in [-0.2, -0.15) is 0 Å². The molecule has 0 aliphatic carbocycles. The molecule has 0 radical (unpaired) electrons. The molecule has 4 nitrogen and oxygen atoms in total. The number of carbonyl (C=O) groups excluding carboxylic acids is 2. The average Bonchev–Trinajstić information content (AvgIpc) is 2.37. The van der Waals surface area contributed by atoms with E-state index >= 15 is 0 Å². The molecule has 0 fully saturated rings. The van der Waals surface area contributed by atoms with Crippen LogP contribution in [0.15, 0.2) is 30.3 Å². The quantitative estimate of drug-likeness (QED) is 0.825. The zero-order valence-corrected chi connectivity index (χ0v) is 15.1. The van der Waals surface area contributed by atoms with E-state index in [1.54, 1.807) is 4.90 Å². The molecular formula is C16H24N2O2Se. The van der Waals surface area contributed by atoms with E-state index in [-0.39, 0.29) is 17.4 Å². The van der Waals surface area contributed by atoms with Crippen molar-refractivity contribution in [3.8, 4) is 0 Å². The second-order valence-electron chi connectivity index (χ2n) is 5.93. The predicted molar refractivity (Wildman–Crippen MR) is 87.7 cm³/mol. The van der Waals surface area contributed by atoms with Crippen LogP contribution in [-0.4, -0.2) is 38.4 Å². The van der Waals surface area contributed by atoms with Crippen molar-refractivity contribution < 1.29 is 9.59 Å². The molecule has 2 amide bonds. The molecule has 0 heterocycles. The maximum absolute atomic E-state index is 12.6. The molecule has 0 saturated heterocycles. The first-order valence-corrected chi connectivity index (χ1v) is 9.84. The molecule has 1 atom stereocenters. The topological polar surface area (TPSA) is 49.4 Å². The van der Waals surface area contributed by atoms with Gasteiger partial charge in [-0.1, -0.05) is 0 Å². The molecule has 21 heavy (non-hydrogen) atoms. The van der Waals surface area contributed by atoms with Crippen LogP contribution in [0.2, 0.25) is 11.1 Å². The Morgan fingerprint density at radius 2 is 1.81 bits per heavy atom. The van der Waals surface area contributed by atoms with Crippen molar-refractivity contribution in [3.63, 3.8) is 0 Å². The number of carbonyl (C=O) groups is 2. The Bertz CT molecular complexity index is 483. The standard InChI is InChI=1S/C16H24N2O2Se/c1-12(19)18(13-9-7-6-8-10-13)14(11-21-5)15(20)17-16(2,3)4/h6-10,14H,11H2,1-5H3,(H,17,20). The molecule has 0 aliphatic heterocycles. The summed E-state index contributed by atoms with van der Waals surface area (Å²) >= 11 is 0.294. The van der Waals surface area contributed by atoms with Crippen molar-refractivity contribution in [1.29, 1.82) is 0 Å². The number of nitrogens with zero attached hydrogens (tertiary/aromatic N) is 1. The van der Waals surface area contributed by atoms with E-state index in [0.29, 0.717) is 20.3 Å². The van der Waals surface area contributed by atoms with E-state index in [1.807, 2.05) is 51.1 Å². The number of anilines is 1. The summed E-state index contributed by atoms with van der Waals surface area (Å²) in [4.78, 5) is 26.3. The van der Waals surface area contributed by atoms with Crippen LogP contribution in [0.3, 0.4) is 0 Å². The Kier molecular flexibility index (Phi) is 6.43. The summed E-state index contributed by atoms with van der Waals surface area (Å²) in [5.41, 5.74) is 0.457. The second kappa shape index (κ2) is 7.62.